The van der Waals surface area contributed by atoms with E-state index in [0.29, 0.717) is 12.5 Å². The van der Waals surface area contributed by atoms with Gasteiger partial charge < -0.3 is 10.2 Å². The summed E-state index contributed by atoms with van der Waals surface area (Å²) in [6.45, 7) is 6.56. The maximum absolute atomic E-state index is 12.6. The van der Waals surface area contributed by atoms with Crippen LogP contribution in [0.5, 0.6) is 0 Å². The maximum atomic E-state index is 12.6. The minimum Gasteiger partial charge on any atom is -0.342 e. The van der Waals surface area contributed by atoms with Crippen molar-refractivity contribution < 1.29 is 9.59 Å². The first kappa shape index (κ1) is 14.1. The number of hydrogen-bond acceptors (Lipinski definition) is 2. The number of amides is 2. The minimum atomic E-state index is -0.349. The van der Waals surface area contributed by atoms with E-state index in [1.54, 1.807) is 4.90 Å². The molecule has 106 valence electrons. The van der Waals surface area contributed by atoms with Crippen LogP contribution in [0, 0.1) is 11.8 Å². The molecule has 1 saturated heterocycles. The van der Waals surface area contributed by atoms with Crippen LogP contribution in [0.1, 0.15) is 40.0 Å². The summed E-state index contributed by atoms with van der Waals surface area (Å²) >= 11 is 0. The first-order chi connectivity index (χ1) is 9.10. The quantitative estimate of drug-likeness (QED) is 0.769. The van der Waals surface area contributed by atoms with Crippen LogP contribution < -0.4 is 5.32 Å². The summed E-state index contributed by atoms with van der Waals surface area (Å²) in [5, 5.41) is 2.94. The molecule has 0 aromatic carbocycles. The Bertz CT molecular complexity index is 388. The topological polar surface area (TPSA) is 49.4 Å². The van der Waals surface area contributed by atoms with Crippen LogP contribution in [0.4, 0.5) is 0 Å². The number of nitrogens with zero attached hydrogens (tertiary/aromatic N) is 1. The van der Waals surface area contributed by atoms with E-state index < -0.39 is 0 Å². The van der Waals surface area contributed by atoms with Gasteiger partial charge in [0.2, 0.25) is 11.8 Å². The summed E-state index contributed by atoms with van der Waals surface area (Å²) in [6.07, 6.45) is 6.90. The zero-order valence-corrected chi connectivity index (χ0v) is 12.1. The Kier molecular flexibility index (Phi) is 4.27. The van der Waals surface area contributed by atoms with E-state index >= 15 is 0 Å². The molecule has 0 aromatic heterocycles. The standard InChI is InChI=1S/C15H24N2O2/c1-4-6-9-17-13(11-7-8-11)14(18)16-12(15(17)19)10(3)5-2/h4,6,10-13H,5,7-9H2,1-3H3,(H,16,18)/b6-4+. The first-order valence-electron chi connectivity index (χ1n) is 7.32. The second kappa shape index (κ2) is 5.76. The normalized spacial score (nSPS) is 29.7. The number of nitrogens with one attached hydrogen (secondary N) is 1. The third kappa shape index (κ3) is 2.82. The van der Waals surface area contributed by atoms with Crippen molar-refractivity contribution >= 4 is 11.8 Å². The zero-order chi connectivity index (χ0) is 14.0. The SMILES string of the molecule is C/C=C/CN1C(=O)C(C(C)CC)NC(=O)C1C1CC1. The molecule has 1 N–H and O–H groups in total. The number of piperazine rings is 1. The highest BCUT2D eigenvalue weighted by molar-refractivity contribution is 5.97. The van der Waals surface area contributed by atoms with E-state index in [2.05, 4.69) is 5.32 Å². The lowest BCUT2D eigenvalue weighted by molar-refractivity contribution is -0.151. The summed E-state index contributed by atoms with van der Waals surface area (Å²) in [5.41, 5.74) is 0. The number of carbonyl (C=O) groups excluding carboxylic acids is 2. The lowest BCUT2D eigenvalue weighted by atomic mass is 9.93. The largest absolute Gasteiger partial charge is 0.342 e. The molecule has 0 bridgehead atoms. The van der Waals surface area contributed by atoms with E-state index in [1.165, 1.54) is 0 Å². The molecular formula is C15H24N2O2. The Balaban J connectivity index is 2.19. The second-order valence-corrected chi connectivity index (χ2v) is 5.71. The molecule has 4 heteroatoms. The Labute approximate surface area is 115 Å². The number of hydrogen-bond donors (Lipinski definition) is 1. The molecule has 4 nitrogen and oxygen atoms in total. The molecule has 2 amide bonds. The third-order valence-electron chi connectivity index (χ3n) is 4.27. The third-order valence-corrected chi connectivity index (χ3v) is 4.27. The molecule has 1 heterocycles. The summed E-state index contributed by atoms with van der Waals surface area (Å²) in [6, 6.07) is -0.596. The van der Waals surface area contributed by atoms with E-state index in [4.69, 9.17) is 0 Å². The molecule has 0 spiro atoms. The van der Waals surface area contributed by atoms with Crippen molar-refractivity contribution in [2.75, 3.05) is 6.54 Å². The highest BCUT2D eigenvalue weighted by Crippen LogP contribution is 2.37. The monoisotopic (exact) mass is 264 g/mol. The Hall–Kier alpha value is -1.32. The highest BCUT2D eigenvalue weighted by Gasteiger charge is 2.48. The second-order valence-electron chi connectivity index (χ2n) is 5.71. The molecule has 19 heavy (non-hydrogen) atoms. The van der Waals surface area contributed by atoms with Crippen LogP contribution in [-0.2, 0) is 9.59 Å². The molecule has 1 aliphatic carbocycles. The number of rotatable bonds is 5. The molecule has 2 aliphatic rings. The Morgan fingerprint density at radius 2 is 2.11 bits per heavy atom. The van der Waals surface area contributed by atoms with E-state index in [-0.39, 0.29) is 29.8 Å². The van der Waals surface area contributed by atoms with Gasteiger partial charge in [-0.15, -0.1) is 0 Å². The molecule has 2 fully saturated rings. The van der Waals surface area contributed by atoms with Crippen molar-refractivity contribution in [2.45, 2.75) is 52.1 Å². The van der Waals surface area contributed by atoms with Gasteiger partial charge in [0.05, 0.1) is 0 Å². The van der Waals surface area contributed by atoms with Crippen LogP contribution in [-0.4, -0.2) is 35.3 Å². The van der Waals surface area contributed by atoms with Gasteiger partial charge in [0.25, 0.3) is 0 Å². The van der Waals surface area contributed by atoms with Gasteiger partial charge in [0.15, 0.2) is 0 Å². The van der Waals surface area contributed by atoms with Crippen molar-refractivity contribution in [3.63, 3.8) is 0 Å². The van der Waals surface area contributed by atoms with Gasteiger partial charge >= 0.3 is 0 Å². The highest BCUT2D eigenvalue weighted by atomic mass is 16.2. The van der Waals surface area contributed by atoms with Crippen molar-refractivity contribution in [1.29, 1.82) is 0 Å². The van der Waals surface area contributed by atoms with Crippen LogP contribution in [0.25, 0.3) is 0 Å². The minimum absolute atomic E-state index is 0.0388. The van der Waals surface area contributed by atoms with Gasteiger partial charge in [0, 0.05) is 6.54 Å². The van der Waals surface area contributed by atoms with Crippen molar-refractivity contribution in [2.24, 2.45) is 11.8 Å². The van der Waals surface area contributed by atoms with Crippen molar-refractivity contribution in [3.05, 3.63) is 12.2 Å². The zero-order valence-electron chi connectivity index (χ0n) is 12.1. The van der Waals surface area contributed by atoms with Crippen molar-refractivity contribution in [3.8, 4) is 0 Å². The van der Waals surface area contributed by atoms with Gasteiger partial charge in [-0.1, -0.05) is 32.4 Å². The Morgan fingerprint density at radius 1 is 1.42 bits per heavy atom. The van der Waals surface area contributed by atoms with Gasteiger partial charge in [-0.3, -0.25) is 9.59 Å². The molecule has 0 radical (unpaired) electrons. The lowest BCUT2D eigenvalue weighted by Gasteiger charge is -2.40. The average molecular weight is 264 g/mol. The molecule has 3 unspecified atom stereocenters. The number of carbonyl (C=O) groups is 2. The van der Waals surface area contributed by atoms with Crippen LogP contribution in [0.2, 0.25) is 0 Å². The molecule has 1 aliphatic heterocycles. The van der Waals surface area contributed by atoms with Crippen LogP contribution in [0.3, 0.4) is 0 Å². The fourth-order valence-corrected chi connectivity index (χ4v) is 2.68. The average Bonchev–Trinajstić information content (AvgIpc) is 3.22. The van der Waals surface area contributed by atoms with E-state index in [1.807, 2.05) is 32.9 Å². The smallest absolute Gasteiger partial charge is 0.246 e. The summed E-state index contributed by atoms with van der Waals surface area (Å²) < 4.78 is 0. The molecule has 3 atom stereocenters. The summed E-state index contributed by atoms with van der Waals surface area (Å²) in [7, 11) is 0. The molecule has 0 aromatic rings. The van der Waals surface area contributed by atoms with E-state index in [0.717, 1.165) is 19.3 Å². The van der Waals surface area contributed by atoms with Gasteiger partial charge in [0.1, 0.15) is 12.1 Å². The first-order valence-corrected chi connectivity index (χ1v) is 7.32. The van der Waals surface area contributed by atoms with Gasteiger partial charge in [-0.2, -0.15) is 0 Å². The van der Waals surface area contributed by atoms with Gasteiger partial charge in [-0.25, -0.2) is 0 Å². The molecule has 2 rings (SSSR count). The van der Waals surface area contributed by atoms with Gasteiger partial charge in [-0.05, 0) is 31.6 Å². The fraction of sp³-hybridized carbons (Fsp3) is 0.733. The predicted molar refractivity (Wildman–Crippen MR) is 74.4 cm³/mol. The fourth-order valence-electron chi connectivity index (χ4n) is 2.68. The summed E-state index contributed by atoms with van der Waals surface area (Å²) in [5.74, 6) is 0.678. The van der Waals surface area contributed by atoms with Crippen LogP contribution in [0.15, 0.2) is 12.2 Å². The Morgan fingerprint density at radius 3 is 2.63 bits per heavy atom. The lowest BCUT2D eigenvalue weighted by Crippen LogP contribution is -2.65. The molecule has 1 saturated carbocycles. The van der Waals surface area contributed by atoms with E-state index in [9.17, 15) is 9.59 Å². The van der Waals surface area contributed by atoms with Crippen molar-refractivity contribution in [1.82, 2.24) is 10.2 Å². The van der Waals surface area contributed by atoms with Crippen LogP contribution >= 0.6 is 0 Å². The maximum Gasteiger partial charge on any atom is 0.246 e. The molecular weight excluding hydrogens is 240 g/mol. The predicted octanol–water partition coefficient (Wildman–Crippen LogP) is 1.71. The number of allylic oxidation sites excluding steroid dienone is 1. The summed E-state index contributed by atoms with van der Waals surface area (Å²) in [4.78, 5) is 26.7.